The second-order valence-electron chi connectivity index (χ2n) is 6.51. The molecule has 4 rings (SSSR count). The summed E-state index contributed by atoms with van der Waals surface area (Å²) in [4.78, 5) is 32.9. The van der Waals surface area contributed by atoms with Gasteiger partial charge in [-0.2, -0.15) is 0 Å². The Bertz CT molecular complexity index is 1010. The zero-order valence-electron chi connectivity index (χ0n) is 14.5. The summed E-state index contributed by atoms with van der Waals surface area (Å²) in [6, 6.07) is 13.9. The molecular formula is C20H18N4O3. The quantitative estimate of drug-likeness (QED) is 0.433. The molecule has 27 heavy (non-hydrogen) atoms. The van der Waals surface area contributed by atoms with Gasteiger partial charge in [-0.15, -0.1) is 0 Å². The summed E-state index contributed by atoms with van der Waals surface area (Å²) in [5, 5.41) is 10.9. The van der Waals surface area contributed by atoms with E-state index in [9.17, 15) is 14.9 Å². The Kier molecular flexibility index (Phi) is 4.42. The van der Waals surface area contributed by atoms with Crippen LogP contribution in [-0.4, -0.2) is 32.2 Å². The first-order valence-corrected chi connectivity index (χ1v) is 8.79. The standard InChI is InChI=1S/C20H18N4O3/c25-19(11-10-14-5-3-6-15(13-14)24(26)27)23-12-4-9-18(23)20-21-16-7-1-2-8-17(16)22-20/h1-3,5-8,10-11,13,18H,4,9,12H2,(H,21,22)/b11-10+. The number of hydrogen-bond donors (Lipinski definition) is 1. The lowest BCUT2D eigenvalue weighted by molar-refractivity contribution is -0.384. The molecule has 2 heterocycles. The Morgan fingerprint density at radius 3 is 2.93 bits per heavy atom. The van der Waals surface area contributed by atoms with Crippen molar-refractivity contribution in [2.45, 2.75) is 18.9 Å². The van der Waals surface area contributed by atoms with Crippen molar-refractivity contribution >= 4 is 28.7 Å². The van der Waals surface area contributed by atoms with Crippen molar-refractivity contribution in [2.75, 3.05) is 6.54 Å². The van der Waals surface area contributed by atoms with Gasteiger partial charge in [-0.3, -0.25) is 14.9 Å². The van der Waals surface area contributed by atoms with Crippen LogP contribution in [0.4, 0.5) is 5.69 Å². The van der Waals surface area contributed by atoms with E-state index in [2.05, 4.69) is 9.97 Å². The number of fused-ring (bicyclic) bond motifs is 1. The number of H-pyrrole nitrogens is 1. The van der Waals surface area contributed by atoms with Crippen LogP contribution in [0.25, 0.3) is 17.1 Å². The monoisotopic (exact) mass is 362 g/mol. The van der Waals surface area contributed by atoms with Gasteiger partial charge in [0.25, 0.3) is 5.69 Å². The number of carbonyl (C=O) groups excluding carboxylic acids is 1. The minimum Gasteiger partial charge on any atom is -0.340 e. The second-order valence-corrected chi connectivity index (χ2v) is 6.51. The van der Waals surface area contributed by atoms with Crippen molar-refractivity contribution < 1.29 is 9.72 Å². The van der Waals surface area contributed by atoms with E-state index in [1.807, 2.05) is 24.3 Å². The molecule has 0 spiro atoms. The van der Waals surface area contributed by atoms with Crippen LogP contribution in [0.2, 0.25) is 0 Å². The predicted octanol–water partition coefficient (Wildman–Crippen LogP) is 3.85. The lowest BCUT2D eigenvalue weighted by atomic mass is 10.2. The zero-order chi connectivity index (χ0) is 18.8. The molecule has 0 aliphatic carbocycles. The topological polar surface area (TPSA) is 92.1 Å². The maximum atomic E-state index is 12.7. The number of likely N-dealkylation sites (tertiary alicyclic amines) is 1. The number of non-ortho nitro benzene ring substituents is 1. The minimum atomic E-state index is -0.447. The fourth-order valence-corrected chi connectivity index (χ4v) is 3.45. The highest BCUT2D eigenvalue weighted by Gasteiger charge is 2.31. The van der Waals surface area contributed by atoms with Gasteiger partial charge in [0.2, 0.25) is 5.91 Å². The minimum absolute atomic E-state index is 0.00548. The summed E-state index contributed by atoms with van der Waals surface area (Å²) in [6.07, 6.45) is 4.86. The van der Waals surface area contributed by atoms with E-state index in [0.717, 1.165) is 29.7 Å². The molecule has 0 radical (unpaired) electrons. The third-order valence-electron chi connectivity index (χ3n) is 4.76. The molecule has 1 unspecified atom stereocenters. The molecular weight excluding hydrogens is 344 g/mol. The molecule has 1 aliphatic heterocycles. The maximum Gasteiger partial charge on any atom is 0.270 e. The maximum absolute atomic E-state index is 12.7. The number of aromatic amines is 1. The molecule has 3 aromatic rings. The van der Waals surface area contributed by atoms with Crippen LogP contribution in [0.1, 0.15) is 30.3 Å². The van der Waals surface area contributed by atoms with E-state index in [1.165, 1.54) is 18.2 Å². The number of rotatable bonds is 4. The molecule has 2 aromatic carbocycles. The fourth-order valence-electron chi connectivity index (χ4n) is 3.45. The number of imidazole rings is 1. The van der Waals surface area contributed by atoms with Crippen molar-refractivity contribution in [3.8, 4) is 0 Å². The average Bonchev–Trinajstić information content (AvgIpc) is 3.32. The number of nitro benzene ring substituents is 1. The molecule has 1 atom stereocenters. The number of nitrogens with one attached hydrogen (secondary N) is 1. The van der Waals surface area contributed by atoms with Crippen molar-refractivity contribution in [1.29, 1.82) is 0 Å². The van der Waals surface area contributed by atoms with Gasteiger partial charge in [0, 0.05) is 24.8 Å². The van der Waals surface area contributed by atoms with Gasteiger partial charge in [-0.05, 0) is 36.6 Å². The van der Waals surface area contributed by atoms with Gasteiger partial charge in [0.05, 0.1) is 22.0 Å². The van der Waals surface area contributed by atoms with Gasteiger partial charge in [-0.1, -0.05) is 24.3 Å². The Balaban J connectivity index is 1.54. The Hall–Kier alpha value is -3.48. The molecule has 0 bridgehead atoms. The van der Waals surface area contributed by atoms with Gasteiger partial charge in [0.15, 0.2) is 0 Å². The Morgan fingerprint density at radius 1 is 1.26 bits per heavy atom. The van der Waals surface area contributed by atoms with Gasteiger partial charge in [-0.25, -0.2) is 4.98 Å². The number of benzene rings is 2. The zero-order valence-corrected chi connectivity index (χ0v) is 14.5. The van der Waals surface area contributed by atoms with Crippen molar-refractivity contribution in [1.82, 2.24) is 14.9 Å². The van der Waals surface area contributed by atoms with Crippen LogP contribution in [0.3, 0.4) is 0 Å². The average molecular weight is 362 g/mol. The number of nitrogens with zero attached hydrogens (tertiary/aromatic N) is 3. The highest BCUT2D eigenvalue weighted by molar-refractivity contribution is 5.92. The smallest absolute Gasteiger partial charge is 0.270 e. The summed E-state index contributed by atoms with van der Waals surface area (Å²) in [5.74, 6) is 0.676. The first kappa shape index (κ1) is 17.0. The molecule has 136 valence electrons. The van der Waals surface area contributed by atoms with Gasteiger partial charge < -0.3 is 9.88 Å². The molecule has 0 saturated carbocycles. The largest absolute Gasteiger partial charge is 0.340 e. The second kappa shape index (κ2) is 7.03. The summed E-state index contributed by atoms with van der Waals surface area (Å²) < 4.78 is 0. The summed E-state index contributed by atoms with van der Waals surface area (Å²) in [7, 11) is 0. The first-order valence-electron chi connectivity index (χ1n) is 8.79. The Morgan fingerprint density at radius 2 is 2.11 bits per heavy atom. The fraction of sp³-hybridized carbons (Fsp3) is 0.200. The van der Waals surface area contributed by atoms with Crippen LogP contribution >= 0.6 is 0 Å². The first-order chi connectivity index (χ1) is 13.1. The normalized spacial score (nSPS) is 17.0. The van der Waals surface area contributed by atoms with Crippen molar-refractivity contribution in [2.24, 2.45) is 0 Å². The lowest BCUT2D eigenvalue weighted by Crippen LogP contribution is -2.29. The summed E-state index contributed by atoms with van der Waals surface area (Å²) in [5.41, 5.74) is 2.47. The van der Waals surface area contributed by atoms with Crippen LogP contribution in [-0.2, 0) is 4.79 Å². The number of amides is 1. The molecule has 1 fully saturated rings. The number of hydrogen-bond acceptors (Lipinski definition) is 4. The third-order valence-corrected chi connectivity index (χ3v) is 4.76. The molecule has 1 N–H and O–H groups in total. The molecule has 1 amide bonds. The van der Waals surface area contributed by atoms with Gasteiger partial charge in [0.1, 0.15) is 5.82 Å². The molecule has 1 aromatic heterocycles. The third kappa shape index (κ3) is 3.44. The molecule has 7 nitrogen and oxygen atoms in total. The van der Waals surface area contributed by atoms with E-state index in [-0.39, 0.29) is 17.6 Å². The number of aromatic nitrogens is 2. The highest BCUT2D eigenvalue weighted by Crippen LogP contribution is 2.31. The van der Waals surface area contributed by atoms with Crippen LogP contribution in [0.5, 0.6) is 0 Å². The van der Waals surface area contributed by atoms with E-state index in [0.29, 0.717) is 12.1 Å². The van der Waals surface area contributed by atoms with Gasteiger partial charge >= 0.3 is 0 Å². The lowest BCUT2D eigenvalue weighted by Gasteiger charge is -2.21. The van der Waals surface area contributed by atoms with E-state index >= 15 is 0 Å². The van der Waals surface area contributed by atoms with Crippen LogP contribution in [0.15, 0.2) is 54.6 Å². The number of nitro groups is 1. The molecule has 7 heteroatoms. The van der Waals surface area contributed by atoms with E-state index in [1.54, 1.807) is 23.1 Å². The van der Waals surface area contributed by atoms with Crippen LogP contribution in [0, 0.1) is 10.1 Å². The summed E-state index contributed by atoms with van der Waals surface area (Å²) >= 11 is 0. The Labute approximate surface area is 155 Å². The van der Waals surface area contributed by atoms with E-state index in [4.69, 9.17) is 0 Å². The van der Waals surface area contributed by atoms with Crippen molar-refractivity contribution in [3.63, 3.8) is 0 Å². The molecule has 1 saturated heterocycles. The molecule has 1 aliphatic rings. The van der Waals surface area contributed by atoms with Crippen LogP contribution < -0.4 is 0 Å². The van der Waals surface area contributed by atoms with Crippen molar-refractivity contribution in [3.05, 3.63) is 76.1 Å². The summed E-state index contributed by atoms with van der Waals surface area (Å²) in [6.45, 7) is 0.666. The number of carbonyl (C=O) groups is 1. The van der Waals surface area contributed by atoms with E-state index < -0.39 is 4.92 Å². The SMILES string of the molecule is O=C(/C=C/c1cccc([N+](=O)[O-])c1)N1CCCC1c1nc2ccccc2[nH]1. The highest BCUT2D eigenvalue weighted by atomic mass is 16.6. The predicted molar refractivity (Wildman–Crippen MR) is 102 cm³/mol. The number of para-hydroxylation sites is 2.